The van der Waals surface area contributed by atoms with E-state index in [9.17, 15) is 0 Å². The second kappa shape index (κ2) is 12.0. The Morgan fingerprint density at radius 1 is 1.10 bits per heavy atom. The SMILES string of the molecule is CCc1noc(CC)c1CNC(=NC)NCC(C)(C)c1ccc(OC)c(OC)c1.I. The Labute approximate surface area is 197 Å². The van der Waals surface area contributed by atoms with Gasteiger partial charge in [-0.2, -0.15) is 0 Å². The molecule has 7 nitrogen and oxygen atoms in total. The second-order valence-corrected chi connectivity index (χ2v) is 7.47. The summed E-state index contributed by atoms with van der Waals surface area (Å²) in [6.45, 7) is 9.85. The van der Waals surface area contributed by atoms with E-state index in [0.717, 1.165) is 52.9 Å². The number of aromatic nitrogens is 1. The molecule has 0 aliphatic carbocycles. The summed E-state index contributed by atoms with van der Waals surface area (Å²) in [4.78, 5) is 4.36. The normalized spacial score (nSPS) is 11.6. The van der Waals surface area contributed by atoms with Crippen LogP contribution in [-0.2, 0) is 24.8 Å². The third kappa shape index (κ3) is 6.26. The van der Waals surface area contributed by atoms with Gasteiger partial charge in [0.1, 0.15) is 5.76 Å². The summed E-state index contributed by atoms with van der Waals surface area (Å²) < 4.78 is 16.2. The number of methoxy groups -OCH3 is 2. The van der Waals surface area contributed by atoms with E-state index in [1.54, 1.807) is 21.3 Å². The van der Waals surface area contributed by atoms with Crippen LogP contribution in [0.15, 0.2) is 27.7 Å². The van der Waals surface area contributed by atoms with Gasteiger partial charge < -0.3 is 24.6 Å². The second-order valence-electron chi connectivity index (χ2n) is 7.47. The molecular formula is C22H35IN4O3. The van der Waals surface area contributed by atoms with Crippen LogP contribution >= 0.6 is 24.0 Å². The molecule has 0 radical (unpaired) electrons. The van der Waals surface area contributed by atoms with Gasteiger partial charge in [-0.05, 0) is 24.1 Å². The first-order valence-electron chi connectivity index (χ1n) is 10.0. The van der Waals surface area contributed by atoms with Gasteiger partial charge in [0.15, 0.2) is 17.5 Å². The molecule has 0 aliphatic heterocycles. The minimum absolute atomic E-state index is 0. The van der Waals surface area contributed by atoms with E-state index < -0.39 is 0 Å². The molecule has 168 valence electrons. The molecule has 0 bridgehead atoms. The molecule has 0 unspecified atom stereocenters. The minimum atomic E-state index is -0.141. The fourth-order valence-electron chi connectivity index (χ4n) is 3.19. The summed E-state index contributed by atoms with van der Waals surface area (Å²) in [5.74, 6) is 3.12. The van der Waals surface area contributed by atoms with Gasteiger partial charge >= 0.3 is 0 Å². The number of aliphatic imine (C=N–C) groups is 1. The summed E-state index contributed by atoms with van der Waals surface area (Å²) in [5, 5.41) is 11.0. The van der Waals surface area contributed by atoms with Crippen LogP contribution in [0.25, 0.3) is 0 Å². The highest BCUT2D eigenvalue weighted by molar-refractivity contribution is 14.0. The smallest absolute Gasteiger partial charge is 0.191 e. The van der Waals surface area contributed by atoms with Crippen molar-refractivity contribution in [1.82, 2.24) is 15.8 Å². The predicted molar refractivity (Wildman–Crippen MR) is 131 cm³/mol. The van der Waals surface area contributed by atoms with Crippen LogP contribution in [0.2, 0.25) is 0 Å². The van der Waals surface area contributed by atoms with Gasteiger partial charge in [-0.25, -0.2) is 0 Å². The van der Waals surface area contributed by atoms with Gasteiger partial charge in [-0.15, -0.1) is 24.0 Å². The van der Waals surface area contributed by atoms with E-state index in [0.29, 0.717) is 13.1 Å². The average Bonchev–Trinajstić information content (AvgIpc) is 3.15. The van der Waals surface area contributed by atoms with Gasteiger partial charge in [0, 0.05) is 37.5 Å². The van der Waals surface area contributed by atoms with Crippen molar-refractivity contribution in [2.75, 3.05) is 27.8 Å². The molecule has 8 heteroatoms. The fraction of sp³-hybridized carbons (Fsp3) is 0.545. The van der Waals surface area contributed by atoms with Gasteiger partial charge in [0.2, 0.25) is 0 Å². The van der Waals surface area contributed by atoms with Crippen LogP contribution in [0.3, 0.4) is 0 Å². The lowest BCUT2D eigenvalue weighted by Crippen LogP contribution is -2.43. The number of guanidine groups is 1. The number of benzene rings is 1. The number of ether oxygens (including phenoxy) is 2. The van der Waals surface area contributed by atoms with Gasteiger partial charge in [-0.3, -0.25) is 4.99 Å². The Hall–Kier alpha value is -1.97. The van der Waals surface area contributed by atoms with E-state index in [2.05, 4.69) is 54.5 Å². The molecule has 0 aliphatic rings. The molecule has 0 amide bonds. The summed E-state index contributed by atoms with van der Waals surface area (Å²) >= 11 is 0. The highest BCUT2D eigenvalue weighted by Crippen LogP contribution is 2.32. The maximum atomic E-state index is 5.45. The summed E-state index contributed by atoms with van der Waals surface area (Å²) in [5.41, 5.74) is 3.13. The zero-order chi connectivity index (χ0) is 21.4. The van der Waals surface area contributed by atoms with Crippen molar-refractivity contribution < 1.29 is 14.0 Å². The fourth-order valence-corrected chi connectivity index (χ4v) is 3.19. The first-order chi connectivity index (χ1) is 13.9. The van der Waals surface area contributed by atoms with Crippen LogP contribution in [0.5, 0.6) is 11.5 Å². The molecule has 0 saturated heterocycles. The molecule has 0 saturated carbocycles. The molecule has 2 rings (SSSR count). The molecule has 0 atom stereocenters. The van der Waals surface area contributed by atoms with E-state index >= 15 is 0 Å². The molecule has 2 aromatic rings. The third-order valence-corrected chi connectivity index (χ3v) is 5.13. The van der Waals surface area contributed by atoms with Crippen LogP contribution < -0.4 is 20.1 Å². The Morgan fingerprint density at radius 2 is 1.80 bits per heavy atom. The summed E-state index contributed by atoms with van der Waals surface area (Å²) in [6, 6.07) is 6.03. The minimum Gasteiger partial charge on any atom is -0.493 e. The van der Waals surface area contributed by atoms with Crippen LogP contribution in [0.1, 0.15) is 50.3 Å². The number of hydrogen-bond donors (Lipinski definition) is 2. The lowest BCUT2D eigenvalue weighted by atomic mass is 9.84. The van der Waals surface area contributed by atoms with Gasteiger partial charge in [0.05, 0.1) is 19.9 Å². The zero-order valence-electron chi connectivity index (χ0n) is 19.1. The number of nitrogens with one attached hydrogen (secondary N) is 2. The van der Waals surface area contributed by atoms with Crippen molar-refractivity contribution in [2.24, 2.45) is 4.99 Å². The van der Waals surface area contributed by atoms with Crippen molar-refractivity contribution in [2.45, 2.75) is 52.5 Å². The van der Waals surface area contributed by atoms with Crippen LogP contribution in [0, 0.1) is 0 Å². The number of aryl methyl sites for hydroxylation is 2. The molecule has 1 aromatic carbocycles. The van der Waals surface area contributed by atoms with Crippen molar-refractivity contribution in [3.05, 3.63) is 40.8 Å². The molecule has 0 fully saturated rings. The number of halogens is 1. The highest BCUT2D eigenvalue weighted by Gasteiger charge is 2.23. The average molecular weight is 530 g/mol. The summed E-state index contributed by atoms with van der Waals surface area (Å²) in [6.07, 6.45) is 1.67. The Balaban J connectivity index is 0.00000450. The standard InChI is InChI=1S/C22H34N4O3.HI/c1-8-17-16(18(9-2)29-26-17)13-24-21(23-5)25-14-22(3,4)15-10-11-19(27-6)20(12-15)28-7;/h10-12H,8-9,13-14H2,1-7H3,(H2,23,24,25);1H. The van der Waals surface area contributed by atoms with Crippen LogP contribution in [-0.4, -0.2) is 38.9 Å². The largest absolute Gasteiger partial charge is 0.493 e. The lowest BCUT2D eigenvalue weighted by Gasteiger charge is -2.27. The topological polar surface area (TPSA) is 80.9 Å². The first kappa shape index (κ1) is 26.1. The van der Waals surface area contributed by atoms with Gasteiger partial charge in [-0.1, -0.05) is 38.9 Å². The molecule has 30 heavy (non-hydrogen) atoms. The van der Waals surface area contributed by atoms with Gasteiger partial charge in [0.25, 0.3) is 0 Å². The third-order valence-electron chi connectivity index (χ3n) is 5.13. The van der Waals surface area contributed by atoms with Crippen molar-refractivity contribution in [1.29, 1.82) is 0 Å². The van der Waals surface area contributed by atoms with Crippen molar-refractivity contribution in [3.63, 3.8) is 0 Å². The summed E-state index contributed by atoms with van der Waals surface area (Å²) in [7, 11) is 5.07. The number of rotatable bonds is 9. The maximum Gasteiger partial charge on any atom is 0.191 e. The first-order valence-corrected chi connectivity index (χ1v) is 10.0. The van der Waals surface area contributed by atoms with Crippen molar-refractivity contribution in [3.8, 4) is 11.5 Å². The Kier molecular flexibility index (Phi) is 10.4. The molecule has 0 spiro atoms. The van der Waals surface area contributed by atoms with E-state index in [4.69, 9.17) is 14.0 Å². The van der Waals surface area contributed by atoms with Crippen molar-refractivity contribution >= 4 is 29.9 Å². The highest BCUT2D eigenvalue weighted by atomic mass is 127. The quantitative estimate of drug-likeness (QED) is 0.289. The monoisotopic (exact) mass is 530 g/mol. The van der Waals surface area contributed by atoms with E-state index in [1.165, 1.54) is 0 Å². The Morgan fingerprint density at radius 3 is 2.37 bits per heavy atom. The van der Waals surface area contributed by atoms with E-state index in [-0.39, 0.29) is 29.4 Å². The number of hydrogen-bond acceptors (Lipinski definition) is 5. The maximum absolute atomic E-state index is 5.45. The molecule has 2 N–H and O–H groups in total. The zero-order valence-corrected chi connectivity index (χ0v) is 21.4. The van der Waals surface area contributed by atoms with E-state index in [1.807, 2.05) is 12.1 Å². The number of nitrogens with zero attached hydrogens (tertiary/aromatic N) is 2. The molecule has 1 aromatic heterocycles. The Bertz CT molecular complexity index is 812. The molecular weight excluding hydrogens is 495 g/mol. The van der Waals surface area contributed by atoms with Crippen LogP contribution in [0.4, 0.5) is 0 Å². The predicted octanol–water partition coefficient (Wildman–Crippen LogP) is 4.08. The molecule has 1 heterocycles. The lowest BCUT2D eigenvalue weighted by molar-refractivity contribution is 0.353.